The molecule has 1 unspecified atom stereocenters. The van der Waals surface area contributed by atoms with Crippen LogP contribution in [0.5, 0.6) is 0 Å². The third kappa shape index (κ3) is 2.37. The van der Waals surface area contributed by atoms with E-state index in [1.807, 2.05) is 0 Å². The van der Waals surface area contributed by atoms with Crippen LogP contribution in [0.1, 0.15) is 22.8 Å². The molecule has 13 heavy (non-hydrogen) atoms. The predicted molar refractivity (Wildman–Crippen MR) is 48.4 cm³/mol. The molecule has 1 atom stereocenters. The number of carbonyl (C=O) groups excluding carboxylic acids is 1. The molecule has 1 aromatic rings. The summed E-state index contributed by atoms with van der Waals surface area (Å²) in [7, 11) is 0. The Morgan fingerprint density at radius 2 is 1.92 bits per heavy atom. The highest BCUT2D eigenvalue weighted by Crippen LogP contribution is 2.06. The normalized spacial score (nSPS) is 12.5. The molecule has 70 valence electrons. The van der Waals surface area contributed by atoms with Crippen LogP contribution in [0, 0.1) is 0 Å². The van der Waals surface area contributed by atoms with Crippen molar-refractivity contribution in [2.45, 2.75) is 19.6 Å². The van der Waals surface area contributed by atoms with Crippen LogP contribution >= 0.6 is 0 Å². The fourth-order valence-corrected chi connectivity index (χ4v) is 1.02. The smallest absolute Gasteiger partial charge is 0.190 e. The van der Waals surface area contributed by atoms with Crippen molar-refractivity contribution in [3.8, 4) is 0 Å². The molecule has 2 N–H and O–H groups in total. The highest BCUT2D eigenvalue weighted by atomic mass is 16.3. The SMILES string of the molecule is CC(O)C(=O)c1ccc(CO)cc1. The summed E-state index contributed by atoms with van der Waals surface area (Å²) >= 11 is 0. The molecular weight excluding hydrogens is 168 g/mol. The van der Waals surface area contributed by atoms with Gasteiger partial charge in [-0.15, -0.1) is 0 Å². The lowest BCUT2D eigenvalue weighted by Crippen LogP contribution is -2.15. The molecule has 0 radical (unpaired) electrons. The summed E-state index contributed by atoms with van der Waals surface area (Å²) in [5.74, 6) is -0.301. The van der Waals surface area contributed by atoms with Gasteiger partial charge in [-0.25, -0.2) is 0 Å². The Morgan fingerprint density at radius 3 is 2.31 bits per heavy atom. The molecule has 0 aromatic heterocycles. The largest absolute Gasteiger partial charge is 0.392 e. The standard InChI is InChI=1S/C10H12O3/c1-7(12)10(13)9-4-2-8(6-11)3-5-9/h2-5,7,11-12H,6H2,1H3. The average Bonchev–Trinajstić information content (AvgIpc) is 2.17. The number of hydrogen-bond donors (Lipinski definition) is 2. The minimum Gasteiger partial charge on any atom is -0.392 e. The quantitative estimate of drug-likeness (QED) is 0.674. The maximum absolute atomic E-state index is 11.2. The lowest BCUT2D eigenvalue weighted by molar-refractivity contribution is 0.0779. The summed E-state index contributed by atoms with van der Waals surface area (Å²) in [5, 5.41) is 17.7. The summed E-state index contributed by atoms with van der Waals surface area (Å²) in [6.45, 7) is 1.39. The van der Waals surface area contributed by atoms with E-state index in [9.17, 15) is 4.79 Å². The first kappa shape index (κ1) is 9.89. The number of aliphatic hydroxyl groups is 2. The van der Waals surface area contributed by atoms with Gasteiger partial charge in [0, 0.05) is 5.56 Å². The molecule has 0 saturated heterocycles. The number of ketones is 1. The first-order valence-electron chi connectivity index (χ1n) is 4.07. The second-order valence-electron chi connectivity index (χ2n) is 2.90. The van der Waals surface area contributed by atoms with Gasteiger partial charge in [0.25, 0.3) is 0 Å². The van der Waals surface area contributed by atoms with E-state index in [1.54, 1.807) is 24.3 Å². The van der Waals surface area contributed by atoms with E-state index in [2.05, 4.69) is 0 Å². The first-order valence-corrected chi connectivity index (χ1v) is 4.07. The fourth-order valence-electron chi connectivity index (χ4n) is 1.02. The van der Waals surface area contributed by atoms with Crippen molar-refractivity contribution in [1.29, 1.82) is 0 Å². The molecule has 0 amide bonds. The number of benzene rings is 1. The Hall–Kier alpha value is -1.19. The summed E-state index contributed by atoms with van der Waals surface area (Å²) in [6, 6.07) is 6.52. The van der Waals surface area contributed by atoms with Crippen LogP contribution in [0.25, 0.3) is 0 Å². The summed E-state index contributed by atoms with van der Waals surface area (Å²) < 4.78 is 0. The van der Waals surface area contributed by atoms with Crippen molar-refractivity contribution in [3.05, 3.63) is 35.4 Å². The van der Waals surface area contributed by atoms with Crippen molar-refractivity contribution >= 4 is 5.78 Å². The van der Waals surface area contributed by atoms with Gasteiger partial charge in [0.1, 0.15) is 6.10 Å². The lowest BCUT2D eigenvalue weighted by atomic mass is 10.1. The van der Waals surface area contributed by atoms with E-state index >= 15 is 0 Å². The van der Waals surface area contributed by atoms with Gasteiger partial charge >= 0.3 is 0 Å². The molecule has 0 aliphatic rings. The fraction of sp³-hybridized carbons (Fsp3) is 0.300. The number of hydrogen-bond acceptors (Lipinski definition) is 3. The molecule has 0 bridgehead atoms. The maximum atomic E-state index is 11.2. The highest BCUT2D eigenvalue weighted by Gasteiger charge is 2.10. The Bertz CT molecular complexity index is 288. The monoisotopic (exact) mass is 180 g/mol. The highest BCUT2D eigenvalue weighted by molar-refractivity contribution is 5.99. The van der Waals surface area contributed by atoms with Crippen LogP contribution in [0.2, 0.25) is 0 Å². The van der Waals surface area contributed by atoms with Crippen LogP contribution in [-0.2, 0) is 6.61 Å². The molecule has 3 nitrogen and oxygen atoms in total. The molecule has 0 spiro atoms. The second-order valence-corrected chi connectivity index (χ2v) is 2.90. The summed E-state index contributed by atoms with van der Waals surface area (Å²) in [4.78, 5) is 11.2. The zero-order chi connectivity index (χ0) is 9.84. The van der Waals surface area contributed by atoms with Crippen molar-refractivity contribution in [2.24, 2.45) is 0 Å². The summed E-state index contributed by atoms with van der Waals surface area (Å²) in [5.41, 5.74) is 1.22. The van der Waals surface area contributed by atoms with Gasteiger partial charge < -0.3 is 10.2 Å². The topological polar surface area (TPSA) is 57.5 Å². The van der Waals surface area contributed by atoms with Crippen LogP contribution in [0.15, 0.2) is 24.3 Å². The van der Waals surface area contributed by atoms with E-state index < -0.39 is 6.10 Å². The average molecular weight is 180 g/mol. The number of Topliss-reactive ketones (excluding diaryl/α,β-unsaturated/α-hetero) is 1. The van der Waals surface area contributed by atoms with E-state index in [1.165, 1.54) is 6.92 Å². The minimum absolute atomic E-state index is 0.0385. The van der Waals surface area contributed by atoms with Gasteiger partial charge in [0.15, 0.2) is 5.78 Å². The van der Waals surface area contributed by atoms with Crippen LogP contribution < -0.4 is 0 Å². The Labute approximate surface area is 76.6 Å². The maximum Gasteiger partial charge on any atom is 0.190 e. The lowest BCUT2D eigenvalue weighted by Gasteiger charge is -2.03. The van der Waals surface area contributed by atoms with E-state index in [0.29, 0.717) is 5.56 Å². The zero-order valence-electron chi connectivity index (χ0n) is 7.40. The van der Waals surface area contributed by atoms with Crippen molar-refractivity contribution in [3.63, 3.8) is 0 Å². The van der Waals surface area contributed by atoms with E-state index in [0.717, 1.165) is 5.56 Å². The molecule has 1 rings (SSSR count). The number of carbonyl (C=O) groups is 1. The Kier molecular flexibility index (Phi) is 3.17. The summed E-state index contributed by atoms with van der Waals surface area (Å²) in [6.07, 6.45) is -0.972. The van der Waals surface area contributed by atoms with Crippen molar-refractivity contribution in [1.82, 2.24) is 0 Å². The molecule has 0 aliphatic carbocycles. The first-order chi connectivity index (χ1) is 6.15. The molecule has 0 fully saturated rings. The predicted octanol–water partition coefficient (Wildman–Crippen LogP) is 0.742. The minimum atomic E-state index is -0.972. The molecule has 0 heterocycles. The molecule has 1 aromatic carbocycles. The zero-order valence-corrected chi connectivity index (χ0v) is 7.40. The van der Waals surface area contributed by atoms with Crippen LogP contribution in [0.4, 0.5) is 0 Å². The number of aliphatic hydroxyl groups excluding tert-OH is 2. The van der Waals surface area contributed by atoms with Gasteiger partial charge in [-0.05, 0) is 12.5 Å². The van der Waals surface area contributed by atoms with Gasteiger partial charge in [0.2, 0.25) is 0 Å². The van der Waals surface area contributed by atoms with Crippen LogP contribution in [0.3, 0.4) is 0 Å². The van der Waals surface area contributed by atoms with E-state index in [-0.39, 0.29) is 12.4 Å². The van der Waals surface area contributed by atoms with Crippen molar-refractivity contribution in [2.75, 3.05) is 0 Å². The van der Waals surface area contributed by atoms with E-state index in [4.69, 9.17) is 10.2 Å². The van der Waals surface area contributed by atoms with Gasteiger partial charge in [-0.1, -0.05) is 24.3 Å². The molecule has 0 saturated carbocycles. The van der Waals surface area contributed by atoms with Gasteiger partial charge in [0.05, 0.1) is 6.61 Å². The number of rotatable bonds is 3. The van der Waals surface area contributed by atoms with Crippen LogP contribution in [-0.4, -0.2) is 22.1 Å². The third-order valence-electron chi connectivity index (χ3n) is 1.80. The Balaban J connectivity index is 2.86. The molecule has 0 aliphatic heterocycles. The Morgan fingerprint density at radius 1 is 1.38 bits per heavy atom. The van der Waals surface area contributed by atoms with Gasteiger partial charge in [-0.2, -0.15) is 0 Å². The molecule has 3 heteroatoms. The van der Waals surface area contributed by atoms with Crippen molar-refractivity contribution < 1.29 is 15.0 Å². The second kappa shape index (κ2) is 4.16. The molecular formula is C10H12O3. The van der Waals surface area contributed by atoms with Gasteiger partial charge in [-0.3, -0.25) is 4.79 Å². The third-order valence-corrected chi connectivity index (χ3v) is 1.80.